The van der Waals surface area contributed by atoms with Gasteiger partial charge < -0.3 is 5.32 Å². The summed E-state index contributed by atoms with van der Waals surface area (Å²) in [6, 6.07) is 0.835. The zero-order valence-electron chi connectivity index (χ0n) is 11.6. The number of nitrogens with zero attached hydrogens (tertiary/aromatic N) is 2. The molecule has 112 valence electrons. The average Bonchev–Trinajstić information content (AvgIpc) is 3.06. The molecule has 2 fully saturated rings. The molecule has 1 aromatic rings. The molecule has 20 heavy (non-hydrogen) atoms. The number of hydrogen-bond acceptors (Lipinski definition) is 4. The Balaban J connectivity index is 1.49. The molecule has 0 saturated heterocycles. The third kappa shape index (κ3) is 3.59. The number of rotatable bonds is 8. The number of aromatic nitrogens is 2. The van der Waals surface area contributed by atoms with E-state index in [2.05, 4.69) is 15.1 Å². The van der Waals surface area contributed by atoms with Gasteiger partial charge in [0.15, 0.2) is 0 Å². The Morgan fingerprint density at radius 1 is 1.25 bits per heavy atom. The second kappa shape index (κ2) is 5.83. The van der Waals surface area contributed by atoms with Crippen molar-refractivity contribution in [3.05, 3.63) is 12.4 Å². The van der Waals surface area contributed by atoms with Crippen molar-refractivity contribution in [2.24, 2.45) is 0 Å². The molecule has 3 rings (SSSR count). The van der Waals surface area contributed by atoms with Crippen LogP contribution in [-0.2, 0) is 16.6 Å². The van der Waals surface area contributed by atoms with Crippen LogP contribution in [0.5, 0.6) is 0 Å². The summed E-state index contributed by atoms with van der Waals surface area (Å²) < 4.78 is 28.6. The van der Waals surface area contributed by atoms with Crippen molar-refractivity contribution in [2.75, 3.05) is 6.54 Å². The van der Waals surface area contributed by atoms with E-state index in [1.165, 1.54) is 19.0 Å². The Bertz CT molecular complexity index is 546. The quantitative estimate of drug-likeness (QED) is 0.698. The largest absolute Gasteiger partial charge is 0.314 e. The minimum Gasteiger partial charge on any atom is -0.314 e. The minimum absolute atomic E-state index is 0.117. The summed E-state index contributed by atoms with van der Waals surface area (Å²) >= 11 is 0. The van der Waals surface area contributed by atoms with Crippen molar-refractivity contribution >= 4 is 10.0 Å². The standard InChI is InChI=1S/C13H22N4O2S/c18-20(19,16-12-3-1-4-12)13-9-15-17(10-13)8-2-7-14-11-5-6-11/h9-12,14,16H,1-8H2. The number of aryl methyl sites for hydroxylation is 1. The van der Waals surface area contributed by atoms with Gasteiger partial charge in [-0.15, -0.1) is 0 Å². The van der Waals surface area contributed by atoms with E-state index in [-0.39, 0.29) is 10.9 Å². The SMILES string of the molecule is O=S(=O)(NC1CCC1)c1cnn(CCCNC2CC2)c1. The van der Waals surface area contributed by atoms with E-state index in [4.69, 9.17) is 0 Å². The maximum absolute atomic E-state index is 12.1. The van der Waals surface area contributed by atoms with Gasteiger partial charge in [-0.25, -0.2) is 13.1 Å². The van der Waals surface area contributed by atoms with E-state index >= 15 is 0 Å². The molecule has 0 amide bonds. The summed E-state index contributed by atoms with van der Waals surface area (Å²) in [5.74, 6) is 0. The fraction of sp³-hybridized carbons (Fsp3) is 0.769. The molecular weight excluding hydrogens is 276 g/mol. The smallest absolute Gasteiger partial charge is 0.243 e. The van der Waals surface area contributed by atoms with Crippen LogP contribution in [0.1, 0.15) is 38.5 Å². The topological polar surface area (TPSA) is 76.0 Å². The first-order valence-corrected chi connectivity index (χ1v) is 8.90. The lowest BCUT2D eigenvalue weighted by Crippen LogP contribution is -2.39. The minimum atomic E-state index is -3.38. The van der Waals surface area contributed by atoms with Crippen LogP contribution in [0.2, 0.25) is 0 Å². The first-order valence-electron chi connectivity index (χ1n) is 7.42. The van der Waals surface area contributed by atoms with E-state index in [9.17, 15) is 8.42 Å². The molecule has 6 nitrogen and oxygen atoms in total. The second-order valence-electron chi connectivity index (χ2n) is 5.77. The molecule has 0 unspecified atom stereocenters. The molecule has 2 N–H and O–H groups in total. The van der Waals surface area contributed by atoms with Crippen molar-refractivity contribution in [3.63, 3.8) is 0 Å². The van der Waals surface area contributed by atoms with Crippen LogP contribution >= 0.6 is 0 Å². The fourth-order valence-corrected chi connectivity index (χ4v) is 3.51. The van der Waals surface area contributed by atoms with Crippen LogP contribution in [-0.4, -0.2) is 36.8 Å². The summed E-state index contributed by atoms with van der Waals surface area (Å²) in [6.45, 7) is 1.71. The molecule has 0 spiro atoms. The molecule has 2 saturated carbocycles. The van der Waals surface area contributed by atoms with Crippen LogP contribution in [0.4, 0.5) is 0 Å². The van der Waals surface area contributed by atoms with Crippen LogP contribution in [0.25, 0.3) is 0 Å². The maximum Gasteiger partial charge on any atom is 0.243 e. The molecule has 0 radical (unpaired) electrons. The number of nitrogens with one attached hydrogen (secondary N) is 2. The Morgan fingerprint density at radius 2 is 2.05 bits per heavy atom. The Kier molecular flexibility index (Phi) is 4.09. The van der Waals surface area contributed by atoms with Gasteiger partial charge in [-0.1, -0.05) is 6.42 Å². The van der Waals surface area contributed by atoms with E-state index in [0.29, 0.717) is 0 Å². The Morgan fingerprint density at radius 3 is 2.70 bits per heavy atom. The molecule has 1 aromatic heterocycles. The molecular formula is C13H22N4O2S. The lowest BCUT2D eigenvalue weighted by molar-refractivity contribution is 0.383. The highest BCUT2D eigenvalue weighted by molar-refractivity contribution is 7.89. The lowest BCUT2D eigenvalue weighted by Gasteiger charge is -2.25. The molecule has 0 atom stereocenters. The van der Waals surface area contributed by atoms with E-state index < -0.39 is 10.0 Å². The van der Waals surface area contributed by atoms with Gasteiger partial charge in [0.2, 0.25) is 10.0 Å². The van der Waals surface area contributed by atoms with Crippen molar-refractivity contribution in [3.8, 4) is 0 Å². The third-order valence-corrected chi connectivity index (χ3v) is 5.40. The maximum atomic E-state index is 12.1. The van der Waals surface area contributed by atoms with E-state index in [0.717, 1.165) is 44.8 Å². The summed E-state index contributed by atoms with van der Waals surface area (Å²) in [5, 5.41) is 7.57. The lowest BCUT2D eigenvalue weighted by atomic mass is 9.94. The van der Waals surface area contributed by atoms with Gasteiger partial charge in [-0.3, -0.25) is 4.68 Å². The average molecular weight is 298 g/mol. The van der Waals surface area contributed by atoms with Crippen molar-refractivity contribution in [1.29, 1.82) is 0 Å². The first-order chi connectivity index (χ1) is 9.63. The van der Waals surface area contributed by atoms with Gasteiger partial charge in [0.05, 0.1) is 6.20 Å². The van der Waals surface area contributed by atoms with Gasteiger partial charge in [-0.05, 0) is 38.6 Å². The highest BCUT2D eigenvalue weighted by Gasteiger charge is 2.25. The molecule has 0 aromatic carbocycles. The highest BCUT2D eigenvalue weighted by Crippen LogP contribution is 2.21. The summed E-state index contributed by atoms with van der Waals surface area (Å²) in [5.41, 5.74) is 0. The monoisotopic (exact) mass is 298 g/mol. The molecule has 0 aliphatic heterocycles. The summed E-state index contributed by atoms with van der Waals surface area (Å²) in [7, 11) is -3.38. The molecule has 7 heteroatoms. The molecule has 2 aliphatic rings. The Labute approximate surface area is 120 Å². The number of sulfonamides is 1. The molecule has 2 aliphatic carbocycles. The predicted molar refractivity (Wildman–Crippen MR) is 75.8 cm³/mol. The van der Waals surface area contributed by atoms with Crippen molar-refractivity contribution in [2.45, 2.75) is 62.0 Å². The zero-order chi connectivity index (χ0) is 14.0. The van der Waals surface area contributed by atoms with Gasteiger partial charge in [-0.2, -0.15) is 5.10 Å². The van der Waals surface area contributed by atoms with Crippen LogP contribution in [0, 0.1) is 0 Å². The number of hydrogen-bond donors (Lipinski definition) is 2. The fourth-order valence-electron chi connectivity index (χ4n) is 2.25. The second-order valence-corrected chi connectivity index (χ2v) is 7.48. The summed E-state index contributed by atoms with van der Waals surface area (Å²) in [4.78, 5) is 0.277. The first kappa shape index (κ1) is 14.0. The van der Waals surface area contributed by atoms with Crippen LogP contribution < -0.4 is 10.0 Å². The third-order valence-electron chi connectivity index (χ3n) is 3.92. The van der Waals surface area contributed by atoms with Gasteiger partial charge in [0.1, 0.15) is 4.90 Å². The summed E-state index contributed by atoms with van der Waals surface area (Å²) in [6.07, 6.45) is 9.61. The highest BCUT2D eigenvalue weighted by atomic mass is 32.2. The predicted octanol–water partition coefficient (Wildman–Crippen LogP) is 0.856. The zero-order valence-corrected chi connectivity index (χ0v) is 12.4. The van der Waals surface area contributed by atoms with Gasteiger partial charge in [0.25, 0.3) is 0 Å². The van der Waals surface area contributed by atoms with Crippen molar-refractivity contribution in [1.82, 2.24) is 19.8 Å². The van der Waals surface area contributed by atoms with Crippen LogP contribution in [0.15, 0.2) is 17.3 Å². The van der Waals surface area contributed by atoms with Crippen molar-refractivity contribution < 1.29 is 8.42 Å². The molecule has 0 bridgehead atoms. The van der Waals surface area contributed by atoms with Gasteiger partial charge >= 0.3 is 0 Å². The van der Waals surface area contributed by atoms with Gasteiger partial charge in [0, 0.05) is 24.8 Å². The molecule has 1 heterocycles. The van der Waals surface area contributed by atoms with E-state index in [1.54, 1.807) is 10.9 Å². The van der Waals surface area contributed by atoms with Crippen LogP contribution in [0.3, 0.4) is 0 Å². The van der Waals surface area contributed by atoms with E-state index in [1.807, 2.05) is 0 Å². The Hall–Kier alpha value is -0.920. The normalized spacial score (nSPS) is 20.0.